The molecule has 5 rings (SSSR count). The summed E-state index contributed by atoms with van der Waals surface area (Å²) in [7, 11) is -3.41. The topological polar surface area (TPSA) is 95.4 Å². The fraction of sp³-hybridized carbons (Fsp3) is 0.417. The Morgan fingerprint density at radius 3 is 2.59 bits per heavy atom. The quantitative estimate of drug-likeness (QED) is 0.589. The molecular weight excluding hydrogens is 424 g/mol. The molecule has 1 atom stereocenters. The van der Waals surface area contributed by atoms with E-state index in [9.17, 15) is 13.5 Å². The standard InChI is InChI=1S/C24H28N4O3S/c1-32(30,31)18-10-11-21(22(29)13-18)23-19-6-2-3-7-20(19)24(27-26-23)25-17-5-4-12-28(15-17)14-16-8-9-16/h2-3,6-7,10-11,13,16-17,29H,4-5,8-9,12,14-15H2,1H3,(H,25,27)/t17-/m0/s1. The third-order valence-electron chi connectivity index (χ3n) is 6.40. The highest BCUT2D eigenvalue weighted by molar-refractivity contribution is 7.90. The summed E-state index contributed by atoms with van der Waals surface area (Å²) in [5.74, 6) is 1.50. The van der Waals surface area contributed by atoms with Gasteiger partial charge in [-0.2, -0.15) is 0 Å². The Balaban J connectivity index is 1.45. The van der Waals surface area contributed by atoms with Crippen LogP contribution in [0, 0.1) is 5.92 Å². The molecule has 2 heterocycles. The Morgan fingerprint density at radius 1 is 1.09 bits per heavy atom. The minimum absolute atomic E-state index is 0.0716. The zero-order valence-electron chi connectivity index (χ0n) is 18.2. The minimum Gasteiger partial charge on any atom is -0.507 e. The zero-order valence-corrected chi connectivity index (χ0v) is 19.0. The number of phenols is 1. The van der Waals surface area contributed by atoms with Crippen molar-refractivity contribution in [3.05, 3.63) is 42.5 Å². The maximum Gasteiger partial charge on any atom is 0.175 e. The molecule has 0 spiro atoms. The number of nitrogens with zero attached hydrogens (tertiary/aromatic N) is 3. The number of piperidine rings is 1. The van der Waals surface area contributed by atoms with Gasteiger partial charge in [-0.3, -0.25) is 0 Å². The molecule has 8 heteroatoms. The van der Waals surface area contributed by atoms with Gasteiger partial charge in [0.1, 0.15) is 11.4 Å². The highest BCUT2D eigenvalue weighted by atomic mass is 32.2. The molecule has 1 aromatic heterocycles. The largest absolute Gasteiger partial charge is 0.507 e. The molecule has 2 N–H and O–H groups in total. The van der Waals surface area contributed by atoms with Crippen LogP contribution in [0.4, 0.5) is 5.82 Å². The van der Waals surface area contributed by atoms with E-state index in [4.69, 9.17) is 0 Å². The number of hydrogen-bond donors (Lipinski definition) is 2. The Morgan fingerprint density at radius 2 is 1.88 bits per heavy atom. The minimum atomic E-state index is -3.41. The van der Waals surface area contributed by atoms with Gasteiger partial charge in [-0.1, -0.05) is 24.3 Å². The summed E-state index contributed by atoms with van der Waals surface area (Å²) in [5.41, 5.74) is 0.989. The molecule has 0 bridgehead atoms. The molecule has 2 aromatic carbocycles. The maximum atomic E-state index is 11.8. The molecule has 0 unspecified atom stereocenters. The molecule has 1 aliphatic heterocycles. The van der Waals surface area contributed by atoms with Gasteiger partial charge in [0.2, 0.25) is 0 Å². The van der Waals surface area contributed by atoms with Crippen molar-refractivity contribution >= 4 is 26.4 Å². The van der Waals surface area contributed by atoms with E-state index in [0.717, 1.165) is 41.7 Å². The first kappa shape index (κ1) is 21.2. The molecular formula is C24H28N4O3S. The lowest BCUT2D eigenvalue weighted by Gasteiger charge is -2.33. The Hall–Kier alpha value is -2.71. The van der Waals surface area contributed by atoms with Crippen molar-refractivity contribution in [1.82, 2.24) is 15.1 Å². The molecule has 2 aliphatic rings. The van der Waals surface area contributed by atoms with E-state index < -0.39 is 9.84 Å². The van der Waals surface area contributed by atoms with Crippen molar-refractivity contribution in [3.8, 4) is 17.0 Å². The van der Waals surface area contributed by atoms with Crippen LogP contribution in [0.3, 0.4) is 0 Å². The molecule has 1 saturated carbocycles. The first-order valence-electron chi connectivity index (χ1n) is 11.2. The molecule has 3 aromatic rings. The van der Waals surface area contributed by atoms with Crippen molar-refractivity contribution in [2.24, 2.45) is 5.92 Å². The van der Waals surface area contributed by atoms with E-state index in [1.54, 1.807) is 6.07 Å². The van der Waals surface area contributed by atoms with E-state index in [2.05, 4.69) is 20.4 Å². The van der Waals surface area contributed by atoms with E-state index in [1.807, 2.05) is 24.3 Å². The SMILES string of the molecule is CS(=O)(=O)c1ccc(-c2nnc(N[C@H]3CCCN(CC4CC4)C3)c3ccccc23)c(O)c1. The van der Waals surface area contributed by atoms with E-state index in [1.165, 1.54) is 44.5 Å². The predicted octanol–water partition coefficient (Wildman–Crippen LogP) is 3.69. The smallest absolute Gasteiger partial charge is 0.175 e. The third kappa shape index (κ3) is 4.42. The van der Waals surface area contributed by atoms with Gasteiger partial charge in [0.05, 0.1) is 4.90 Å². The van der Waals surface area contributed by atoms with E-state index in [0.29, 0.717) is 17.3 Å². The number of anilines is 1. The normalized spacial score (nSPS) is 19.8. The highest BCUT2D eigenvalue weighted by Gasteiger charge is 2.28. The van der Waals surface area contributed by atoms with Crippen LogP contribution in [0.5, 0.6) is 5.75 Å². The number of hydrogen-bond acceptors (Lipinski definition) is 7. The number of aromatic hydroxyl groups is 1. The third-order valence-corrected chi connectivity index (χ3v) is 7.51. The van der Waals surface area contributed by atoms with Gasteiger partial charge in [-0.25, -0.2) is 8.42 Å². The number of rotatable bonds is 6. The van der Waals surface area contributed by atoms with E-state index >= 15 is 0 Å². The van der Waals surface area contributed by atoms with Gasteiger partial charge >= 0.3 is 0 Å². The summed E-state index contributed by atoms with van der Waals surface area (Å²) in [4.78, 5) is 2.63. The summed E-state index contributed by atoms with van der Waals surface area (Å²) >= 11 is 0. The Labute approximate surface area is 188 Å². The molecule has 168 valence electrons. The molecule has 0 radical (unpaired) electrons. The lowest BCUT2D eigenvalue weighted by Crippen LogP contribution is -2.43. The van der Waals surface area contributed by atoms with Crippen LogP contribution in [0.15, 0.2) is 47.4 Å². The number of fused-ring (bicyclic) bond motifs is 1. The molecule has 2 fully saturated rings. The first-order valence-corrected chi connectivity index (χ1v) is 13.1. The van der Waals surface area contributed by atoms with Gasteiger partial charge in [-0.05, 0) is 56.3 Å². The van der Waals surface area contributed by atoms with Gasteiger partial charge in [0.15, 0.2) is 15.7 Å². The average Bonchev–Trinajstić information content (AvgIpc) is 3.58. The van der Waals surface area contributed by atoms with Crippen molar-refractivity contribution < 1.29 is 13.5 Å². The Bertz CT molecular complexity index is 1260. The lowest BCUT2D eigenvalue weighted by molar-refractivity contribution is 0.208. The molecule has 1 aliphatic carbocycles. The van der Waals surface area contributed by atoms with Gasteiger partial charge < -0.3 is 15.3 Å². The summed E-state index contributed by atoms with van der Waals surface area (Å²) in [6, 6.07) is 12.5. The van der Waals surface area contributed by atoms with Crippen molar-refractivity contribution in [2.45, 2.75) is 36.6 Å². The van der Waals surface area contributed by atoms with Gasteiger partial charge in [-0.15, -0.1) is 10.2 Å². The van der Waals surface area contributed by atoms with Crippen LogP contribution in [0.2, 0.25) is 0 Å². The highest BCUT2D eigenvalue weighted by Crippen LogP contribution is 2.36. The molecule has 0 amide bonds. The second-order valence-corrected chi connectivity index (χ2v) is 11.1. The molecule has 1 saturated heterocycles. The van der Waals surface area contributed by atoms with Crippen molar-refractivity contribution in [1.29, 1.82) is 0 Å². The summed E-state index contributed by atoms with van der Waals surface area (Å²) in [5, 5.41) is 24.9. The van der Waals surface area contributed by atoms with Crippen molar-refractivity contribution in [2.75, 3.05) is 31.2 Å². The molecule has 7 nitrogen and oxygen atoms in total. The molecule has 32 heavy (non-hydrogen) atoms. The monoisotopic (exact) mass is 452 g/mol. The fourth-order valence-electron chi connectivity index (χ4n) is 4.55. The first-order chi connectivity index (χ1) is 15.4. The Kier molecular flexibility index (Phi) is 5.51. The second-order valence-electron chi connectivity index (χ2n) is 9.08. The van der Waals surface area contributed by atoms with Crippen molar-refractivity contribution in [3.63, 3.8) is 0 Å². The average molecular weight is 453 g/mol. The van der Waals surface area contributed by atoms with Crippen LogP contribution < -0.4 is 5.32 Å². The maximum absolute atomic E-state index is 11.8. The van der Waals surface area contributed by atoms with E-state index in [-0.39, 0.29) is 10.6 Å². The summed E-state index contributed by atoms with van der Waals surface area (Å²) in [6.45, 7) is 3.39. The van der Waals surface area contributed by atoms with Crippen LogP contribution >= 0.6 is 0 Å². The van der Waals surface area contributed by atoms with Crippen LogP contribution in [0.1, 0.15) is 25.7 Å². The van der Waals surface area contributed by atoms with Gasteiger partial charge in [0, 0.05) is 41.7 Å². The number of benzene rings is 2. The zero-order chi connectivity index (χ0) is 22.3. The lowest BCUT2D eigenvalue weighted by atomic mass is 10.0. The van der Waals surface area contributed by atoms with Gasteiger partial charge in [0.25, 0.3) is 0 Å². The van der Waals surface area contributed by atoms with Crippen LogP contribution in [0.25, 0.3) is 22.0 Å². The summed E-state index contributed by atoms with van der Waals surface area (Å²) in [6.07, 6.45) is 6.13. The van der Waals surface area contributed by atoms with Crippen LogP contribution in [-0.2, 0) is 9.84 Å². The number of nitrogens with one attached hydrogen (secondary N) is 1. The number of sulfone groups is 1. The van der Waals surface area contributed by atoms with Crippen LogP contribution in [-0.4, -0.2) is 60.6 Å². The second kappa shape index (κ2) is 8.33. The fourth-order valence-corrected chi connectivity index (χ4v) is 5.19. The predicted molar refractivity (Wildman–Crippen MR) is 126 cm³/mol. The number of phenolic OH excluding ortho intramolecular Hbond substituents is 1. The number of likely N-dealkylation sites (tertiary alicyclic amines) is 1. The number of aromatic nitrogens is 2. The summed E-state index contributed by atoms with van der Waals surface area (Å²) < 4.78 is 23.6.